The topological polar surface area (TPSA) is 75.6 Å². The highest BCUT2D eigenvalue weighted by molar-refractivity contribution is 7.91. The van der Waals surface area contributed by atoms with E-state index < -0.39 is 15.9 Å². The highest BCUT2D eigenvalue weighted by Crippen LogP contribution is 2.11. The van der Waals surface area contributed by atoms with Crippen LogP contribution in [0, 0.1) is 0 Å². The van der Waals surface area contributed by atoms with E-state index in [1.165, 1.54) is 19.3 Å². The third kappa shape index (κ3) is 8.19. The summed E-state index contributed by atoms with van der Waals surface area (Å²) in [6.07, 6.45) is 5.46. The average Bonchev–Trinajstić information content (AvgIpc) is 2.41. The SMILES string of the molecule is CCCCCCOCC(O)CNC1CCS(=O)(=O)CC1. The zero-order chi connectivity index (χ0) is 14.8. The number of rotatable bonds is 10. The summed E-state index contributed by atoms with van der Waals surface area (Å²) in [5.74, 6) is 0.517. The smallest absolute Gasteiger partial charge is 0.150 e. The van der Waals surface area contributed by atoms with E-state index in [1.807, 2.05) is 0 Å². The molecule has 1 unspecified atom stereocenters. The van der Waals surface area contributed by atoms with Gasteiger partial charge in [0, 0.05) is 19.2 Å². The predicted octanol–water partition coefficient (Wildman–Crippen LogP) is 1.11. The Kier molecular flexibility index (Phi) is 8.68. The molecule has 1 aliphatic rings. The molecule has 1 saturated heterocycles. The Labute approximate surface area is 123 Å². The van der Waals surface area contributed by atoms with E-state index in [4.69, 9.17) is 4.74 Å². The Balaban J connectivity index is 1.99. The minimum absolute atomic E-state index is 0.206. The molecule has 0 aromatic rings. The normalized spacial score (nSPS) is 20.9. The first-order chi connectivity index (χ1) is 9.53. The standard InChI is InChI=1S/C14H29NO4S/c1-2-3-4-5-8-19-12-14(16)11-15-13-6-9-20(17,18)10-7-13/h13-16H,2-12H2,1H3. The van der Waals surface area contributed by atoms with Crippen molar-refractivity contribution >= 4 is 9.84 Å². The Morgan fingerprint density at radius 1 is 1.25 bits per heavy atom. The third-order valence-electron chi connectivity index (χ3n) is 3.65. The fourth-order valence-electron chi connectivity index (χ4n) is 2.31. The van der Waals surface area contributed by atoms with Gasteiger partial charge in [-0.2, -0.15) is 0 Å². The van der Waals surface area contributed by atoms with Gasteiger partial charge in [-0.25, -0.2) is 8.42 Å². The van der Waals surface area contributed by atoms with Crippen LogP contribution in [-0.2, 0) is 14.6 Å². The van der Waals surface area contributed by atoms with Gasteiger partial charge in [0.15, 0.2) is 0 Å². The molecule has 0 radical (unpaired) electrons. The Morgan fingerprint density at radius 2 is 1.95 bits per heavy atom. The van der Waals surface area contributed by atoms with E-state index in [0.29, 0.717) is 32.6 Å². The van der Waals surface area contributed by atoms with Crippen molar-refractivity contribution in [2.24, 2.45) is 0 Å². The van der Waals surface area contributed by atoms with Gasteiger partial charge in [0.05, 0.1) is 24.2 Å². The third-order valence-corrected chi connectivity index (χ3v) is 5.36. The van der Waals surface area contributed by atoms with Gasteiger partial charge in [-0.3, -0.25) is 0 Å². The summed E-state index contributed by atoms with van der Waals surface area (Å²) in [7, 11) is -2.81. The van der Waals surface area contributed by atoms with Gasteiger partial charge >= 0.3 is 0 Å². The molecule has 0 spiro atoms. The van der Waals surface area contributed by atoms with Crippen LogP contribution in [0.4, 0.5) is 0 Å². The van der Waals surface area contributed by atoms with Crippen molar-refractivity contribution in [2.45, 2.75) is 57.6 Å². The number of aliphatic hydroxyl groups excluding tert-OH is 1. The summed E-state index contributed by atoms with van der Waals surface area (Å²) >= 11 is 0. The van der Waals surface area contributed by atoms with Crippen LogP contribution in [0.2, 0.25) is 0 Å². The molecule has 5 nitrogen and oxygen atoms in total. The van der Waals surface area contributed by atoms with Gasteiger partial charge in [0.2, 0.25) is 0 Å². The monoisotopic (exact) mass is 307 g/mol. The number of hydrogen-bond donors (Lipinski definition) is 2. The minimum Gasteiger partial charge on any atom is -0.389 e. The van der Waals surface area contributed by atoms with Crippen LogP contribution in [-0.4, -0.2) is 56.9 Å². The second-order valence-electron chi connectivity index (χ2n) is 5.62. The van der Waals surface area contributed by atoms with Crippen molar-refractivity contribution in [2.75, 3.05) is 31.3 Å². The van der Waals surface area contributed by atoms with Crippen molar-refractivity contribution in [3.8, 4) is 0 Å². The van der Waals surface area contributed by atoms with Crippen molar-refractivity contribution in [1.82, 2.24) is 5.32 Å². The zero-order valence-electron chi connectivity index (χ0n) is 12.5. The Bertz CT molecular complexity index is 331. The summed E-state index contributed by atoms with van der Waals surface area (Å²) in [5, 5.41) is 13.0. The van der Waals surface area contributed by atoms with Crippen molar-refractivity contribution < 1.29 is 18.3 Å². The van der Waals surface area contributed by atoms with E-state index >= 15 is 0 Å². The van der Waals surface area contributed by atoms with E-state index in [-0.39, 0.29) is 17.5 Å². The van der Waals surface area contributed by atoms with Gasteiger partial charge in [-0.15, -0.1) is 0 Å². The maximum Gasteiger partial charge on any atom is 0.150 e. The first-order valence-corrected chi connectivity index (χ1v) is 9.55. The lowest BCUT2D eigenvalue weighted by Crippen LogP contribution is -2.42. The molecule has 0 aromatic heterocycles. The van der Waals surface area contributed by atoms with Crippen LogP contribution in [0.25, 0.3) is 0 Å². The van der Waals surface area contributed by atoms with Crippen molar-refractivity contribution in [1.29, 1.82) is 0 Å². The maximum absolute atomic E-state index is 11.3. The molecular formula is C14H29NO4S. The van der Waals surface area contributed by atoms with Crippen LogP contribution in [0.5, 0.6) is 0 Å². The summed E-state index contributed by atoms with van der Waals surface area (Å²) in [6, 6.07) is 0.206. The molecule has 0 aromatic carbocycles. The highest BCUT2D eigenvalue weighted by atomic mass is 32.2. The molecule has 20 heavy (non-hydrogen) atoms. The molecule has 6 heteroatoms. The molecule has 1 aliphatic heterocycles. The second-order valence-corrected chi connectivity index (χ2v) is 7.93. The van der Waals surface area contributed by atoms with E-state index in [9.17, 15) is 13.5 Å². The quantitative estimate of drug-likeness (QED) is 0.591. The first-order valence-electron chi connectivity index (χ1n) is 7.73. The number of sulfone groups is 1. The van der Waals surface area contributed by atoms with E-state index in [0.717, 1.165) is 6.42 Å². The Hall–Kier alpha value is -0.170. The summed E-state index contributed by atoms with van der Waals surface area (Å²) in [4.78, 5) is 0. The average molecular weight is 307 g/mol. The molecular weight excluding hydrogens is 278 g/mol. The van der Waals surface area contributed by atoms with Gasteiger partial charge in [0.1, 0.15) is 9.84 Å². The van der Waals surface area contributed by atoms with E-state index in [2.05, 4.69) is 12.2 Å². The predicted molar refractivity (Wildman–Crippen MR) is 80.6 cm³/mol. The fourth-order valence-corrected chi connectivity index (χ4v) is 3.80. The van der Waals surface area contributed by atoms with Gasteiger partial charge in [-0.05, 0) is 19.3 Å². The van der Waals surface area contributed by atoms with Crippen LogP contribution in [0.15, 0.2) is 0 Å². The lowest BCUT2D eigenvalue weighted by Gasteiger charge is -2.24. The number of unbranched alkanes of at least 4 members (excludes halogenated alkanes) is 3. The van der Waals surface area contributed by atoms with Crippen LogP contribution >= 0.6 is 0 Å². The van der Waals surface area contributed by atoms with Gasteiger partial charge < -0.3 is 15.2 Å². The van der Waals surface area contributed by atoms with Crippen molar-refractivity contribution in [3.63, 3.8) is 0 Å². The molecule has 0 bridgehead atoms. The molecule has 1 atom stereocenters. The molecule has 120 valence electrons. The first kappa shape index (κ1) is 17.9. The summed E-state index contributed by atoms with van der Waals surface area (Å²) < 4.78 is 28.0. The number of ether oxygens (including phenoxy) is 1. The Morgan fingerprint density at radius 3 is 2.60 bits per heavy atom. The number of nitrogens with one attached hydrogen (secondary N) is 1. The van der Waals surface area contributed by atoms with Gasteiger partial charge in [0.25, 0.3) is 0 Å². The number of hydrogen-bond acceptors (Lipinski definition) is 5. The number of aliphatic hydroxyl groups is 1. The fraction of sp³-hybridized carbons (Fsp3) is 1.00. The molecule has 1 rings (SSSR count). The summed E-state index contributed by atoms with van der Waals surface area (Å²) in [6.45, 7) is 3.70. The minimum atomic E-state index is -2.81. The van der Waals surface area contributed by atoms with Crippen LogP contribution in [0.1, 0.15) is 45.4 Å². The summed E-state index contributed by atoms with van der Waals surface area (Å²) in [5.41, 5.74) is 0. The lowest BCUT2D eigenvalue weighted by molar-refractivity contribution is 0.0340. The molecule has 0 saturated carbocycles. The lowest BCUT2D eigenvalue weighted by atomic mass is 10.1. The molecule has 0 aliphatic carbocycles. The second kappa shape index (κ2) is 9.71. The maximum atomic E-state index is 11.3. The van der Waals surface area contributed by atoms with Crippen molar-refractivity contribution in [3.05, 3.63) is 0 Å². The molecule has 1 heterocycles. The van der Waals surface area contributed by atoms with E-state index in [1.54, 1.807) is 0 Å². The largest absolute Gasteiger partial charge is 0.389 e. The highest BCUT2D eigenvalue weighted by Gasteiger charge is 2.23. The molecule has 1 fully saturated rings. The molecule has 0 amide bonds. The zero-order valence-corrected chi connectivity index (χ0v) is 13.3. The van der Waals surface area contributed by atoms with Crippen LogP contribution < -0.4 is 5.32 Å². The van der Waals surface area contributed by atoms with Crippen LogP contribution in [0.3, 0.4) is 0 Å². The van der Waals surface area contributed by atoms with Gasteiger partial charge in [-0.1, -0.05) is 26.2 Å². The molecule has 2 N–H and O–H groups in total.